The number of amides is 1. The molecule has 0 spiro atoms. The maximum Gasteiger partial charge on any atom is 0.245 e. The molecule has 0 bridgehead atoms. The van der Waals surface area contributed by atoms with Crippen LogP contribution in [0.1, 0.15) is 26.7 Å². The number of hydrogen-bond acceptors (Lipinski definition) is 5. The van der Waals surface area contributed by atoms with Crippen LogP contribution in [0.3, 0.4) is 0 Å². The van der Waals surface area contributed by atoms with E-state index < -0.39 is 11.0 Å². The molecule has 6 heteroatoms. The summed E-state index contributed by atoms with van der Waals surface area (Å²) in [5.74, 6) is -0.337. The number of fused-ring (bicyclic) bond motifs is 1. The van der Waals surface area contributed by atoms with Crippen LogP contribution in [0.15, 0.2) is 0 Å². The van der Waals surface area contributed by atoms with Crippen molar-refractivity contribution in [2.24, 2.45) is 17.1 Å². The molecule has 3 unspecified atom stereocenters. The Kier molecular flexibility index (Phi) is 3.73. The molecule has 0 radical (unpaired) electrons. The van der Waals surface area contributed by atoms with E-state index in [0.29, 0.717) is 6.61 Å². The third-order valence-corrected chi connectivity index (χ3v) is 4.85. The molecule has 1 amide bonds. The second-order valence-electron chi connectivity index (χ2n) is 6.11. The molecule has 2 rings (SSSR count). The summed E-state index contributed by atoms with van der Waals surface area (Å²) in [5, 5.41) is 17.6. The lowest BCUT2D eigenvalue weighted by Gasteiger charge is -2.65. The van der Waals surface area contributed by atoms with Gasteiger partial charge < -0.3 is 15.4 Å². The Morgan fingerprint density at radius 1 is 1.40 bits per heavy atom. The quantitative estimate of drug-likeness (QED) is 0.751. The molecule has 2 aliphatic rings. The van der Waals surface area contributed by atoms with Gasteiger partial charge in [0, 0.05) is 17.9 Å². The molecule has 1 heterocycles. The summed E-state index contributed by atoms with van der Waals surface area (Å²) in [6.45, 7) is 4.33. The van der Waals surface area contributed by atoms with Gasteiger partial charge >= 0.3 is 0 Å². The van der Waals surface area contributed by atoms with Gasteiger partial charge in [-0.15, -0.1) is 0 Å². The second-order valence-corrected chi connectivity index (χ2v) is 6.11. The lowest BCUT2D eigenvalue weighted by molar-refractivity contribution is -0.229. The molecule has 1 saturated carbocycles. The van der Waals surface area contributed by atoms with E-state index in [2.05, 4.69) is 0 Å². The molecule has 0 aromatic rings. The van der Waals surface area contributed by atoms with Crippen molar-refractivity contribution in [3.05, 3.63) is 0 Å². The lowest BCUT2D eigenvalue weighted by Crippen LogP contribution is -2.82. The van der Waals surface area contributed by atoms with Crippen LogP contribution >= 0.6 is 0 Å². The van der Waals surface area contributed by atoms with E-state index in [-0.39, 0.29) is 31.0 Å². The van der Waals surface area contributed by atoms with Crippen LogP contribution in [-0.2, 0) is 9.53 Å². The van der Waals surface area contributed by atoms with E-state index in [1.807, 2.05) is 26.0 Å². The summed E-state index contributed by atoms with van der Waals surface area (Å²) in [6.07, 6.45) is 1.72. The number of hydrogen-bond donors (Lipinski definition) is 1. The average Bonchev–Trinajstić information content (AvgIpc) is 2.45. The van der Waals surface area contributed by atoms with Crippen molar-refractivity contribution in [3.63, 3.8) is 0 Å². The maximum absolute atomic E-state index is 12.7. The molecule has 20 heavy (non-hydrogen) atoms. The van der Waals surface area contributed by atoms with E-state index in [9.17, 15) is 4.79 Å². The first-order valence-corrected chi connectivity index (χ1v) is 6.85. The van der Waals surface area contributed by atoms with Crippen LogP contribution in [0, 0.1) is 34.0 Å². The molecule has 1 aliphatic carbocycles. The van der Waals surface area contributed by atoms with Crippen molar-refractivity contribution >= 4 is 5.91 Å². The molecule has 3 atom stereocenters. The van der Waals surface area contributed by atoms with Crippen LogP contribution in [0.25, 0.3) is 0 Å². The number of carbonyl (C=O) groups is 1. The van der Waals surface area contributed by atoms with Gasteiger partial charge in [-0.25, -0.2) is 0 Å². The predicted octanol–water partition coefficient (Wildman–Crippen LogP) is 0.395. The number of nitrogens with zero attached hydrogens (tertiary/aromatic N) is 3. The minimum atomic E-state index is -1.05. The molecular weight excluding hydrogens is 256 g/mol. The Hall–Kier alpha value is -1.63. The van der Waals surface area contributed by atoms with Crippen molar-refractivity contribution in [3.8, 4) is 12.1 Å². The van der Waals surface area contributed by atoms with Crippen LogP contribution in [0.4, 0.5) is 0 Å². The highest BCUT2D eigenvalue weighted by Crippen LogP contribution is 2.57. The van der Waals surface area contributed by atoms with Gasteiger partial charge in [-0.05, 0) is 12.8 Å². The van der Waals surface area contributed by atoms with Gasteiger partial charge in [-0.3, -0.25) is 4.79 Å². The number of carbonyl (C=O) groups excluding carboxylic acids is 1. The zero-order chi connectivity index (χ0) is 15.0. The summed E-state index contributed by atoms with van der Waals surface area (Å²) in [4.78, 5) is 14.0. The normalized spacial score (nSPS) is 34.0. The van der Waals surface area contributed by atoms with E-state index in [4.69, 9.17) is 21.0 Å². The number of ether oxygens (including phenoxy) is 1. The van der Waals surface area contributed by atoms with Gasteiger partial charge in [0.25, 0.3) is 0 Å². The van der Waals surface area contributed by atoms with Gasteiger partial charge in [0.15, 0.2) is 0 Å². The van der Waals surface area contributed by atoms with E-state index in [0.717, 1.165) is 12.8 Å². The summed E-state index contributed by atoms with van der Waals surface area (Å²) < 4.78 is 5.76. The van der Waals surface area contributed by atoms with Gasteiger partial charge in [-0.2, -0.15) is 10.5 Å². The molecule has 2 N–H and O–H groups in total. The highest BCUT2D eigenvalue weighted by molar-refractivity contribution is 5.90. The number of nitriles is 2. The first-order valence-electron chi connectivity index (χ1n) is 6.85. The Bertz CT molecular complexity index is 474. The SMILES string of the molecule is CC1(C)C2OCCCC2C1(N)C(=O)N(CC#N)CC#N. The second kappa shape index (κ2) is 5.05. The average molecular weight is 276 g/mol. The highest BCUT2D eigenvalue weighted by Gasteiger charge is 2.70. The van der Waals surface area contributed by atoms with Gasteiger partial charge in [0.1, 0.15) is 18.6 Å². The summed E-state index contributed by atoms with van der Waals surface area (Å²) in [5.41, 5.74) is 4.91. The molecular formula is C14H20N4O2. The van der Waals surface area contributed by atoms with Gasteiger partial charge in [0.05, 0.1) is 18.2 Å². The fourth-order valence-corrected chi connectivity index (χ4v) is 3.64. The topological polar surface area (TPSA) is 103 Å². The minimum absolute atomic E-state index is 0.0174. The smallest absolute Gasteiger partial charge is 0.245 e. The predicted molar refractivity (Wildman–Crippen MR) is 71.0 cm³/mol. The Morgan fingerprint density at radius 2 is 2.00 bits per heavy atom. The summed E-state index contributed by atoms with van der Waals surface area (Å²) in [7, 11) is 0. The van der Waals surface area contributed by atoms with Crippen LogP contribution in [0.5, 0.6) is 0 Å². The molecule has 6 nitrogen and oxygen atoms in total. The summed E-state index contributed by atoms with van der Waals surface area (Å²) >= 11 is 0. The Labute approximate surface area is 119 Å². The number of rotatable bonds is 3. The van der Waals surface area contributed by atoms with Crippen molar-refractivity contribution in [2.45, 2.75) is 38.3 Å². The van der Waals surface area contributed by atoms with Gasteiger partial charge in [0.2, 0.25) is 5.91 Å². The third kappa shape index (κ3) is 1.80. The molecule has 108 valence electrons. The fraction of sp³-hybridized carbons (Fsp3) is 0.786. The summed E-state index contributed by atoms with van der Waals surface area (Å²) in [6, 6.07) is 3.84. The zero-order valence-corrected chi connectivity index (χ0v) is 11.9. The van der Waals surface area contributed by atoms with Crippen molar-refractivity contribution in [2.75, 3.05) is 19.7 Å². The van der Waals surface area contributed by atoms with Crippen molar-refractivity contribution < 1.29 is 9.53 Å². The van der Waals surface area contributed by atoms with Crippen molar-refractivity contribution in [1.82, 2.24) is 4.90 Å². The van der Waals surface area contributed by atoms with Crippen LogP contribution in [-0.4, -0.2) is 42.1 Å². The van der Waals surface area contributed by atoms with Gasteiger partial charge in [-0.1, -0.05) is 13.8 Å². The minimum Gasteiger partial charge on any atom is -0.377 e. The standard InChI is InChI=1S/C14H20N4O2/c1-13(2)11-10(4-3-9-20-11)14(13,17)12(19)18(7-5-15)8-6-16/h10-11H,3-4,7-9,17H2,1-2H3. The number of nitrogens with two attached hydrogens (primary N) is 1. The monoisotopic (exact) mass is 276 g/mol. The first kappa shape index (κ1) is 14.8. The Morgan fingerprint density at radius 3 is 2.55 bits per heavy atom. The molecule has 2 fully saturated rings. The van der Waals surface area contributed by atoms with E-state index in [1.165, 1.54) is 4.90 Å². The fourth-order valence-electron chi connectivity index (χ4n) is 3.64. The van der Waals surface area contributed by atoms with Crippen molar-refractivity contribution in [1.29, 1.82) is 10.5 Å². The first-order chi connectivity index (χ1) is 9.41. The third-order valence-electron chi connectivity index (χ3n) is 4.85. The lowest BCUT2D eigenvalue weighted by atomic mass is 9.46. The largest absolute Gasteiger partial charge is 0.377 e. The van der Waals surface area contributed by atoms with Crippen LogP contribution in [0.2, 0.25) is 0 Å². The molecule has 0 aromatic heterocycles. The highest BCUT2D eigenvalue weighted by atomic mass is 16.5. The van der Waals surface area contributed by atoms with Crippen LogP contribution < -0.4 is 5.73 Å². The molecule has 0 aromatic carbocycles. The zero-order valence-electron chi connectivity index (χ0n) is 11.9. The molecule has 1 saturated heterocycles. The maximum atomic E-state index is 12.7. The van der Waals surface area contributed by atoms with E-state index in [1.54, 1.807) is 0 Å². The van der Waals surface area contributed by atoms with E-state index >= 15 is 0 Å². The molecule has 1 aliphatic heterocycles. The Balaban J connectivity index is 2.27.